The van der Waals surface area contributed by atoms with Crippen molar-refractivity contribution in [2.45, 2.75) is 64.1 Å². The molecule has 0 bridgehead atoms. The van der Waals surface area contributed by atoms with Gasteiger partial charge in [0.1, 0.15) is 4.83 Å². The zero-order chi connectivity index (χ0) is 19.0. The zero-order valence-corrected chi connectivity index (χ0v) is 17.8. The second-order valence-corrected chi connectivity index (χ2v) is 9.97. The largest absolute Gasteiger partial charge is 0.342 e. The fourth-order valence-corrected chi connectivity index (χ4v) is 5.93. The highest BCUT2D eigenvalue weighted by Gasteiger charge is 2.24. The molecule has 1 fully saturated rings. The minimum Gasteiger partial charge on any atom is -0.342 e. The van der Waals surface area contributed by atoms with Crippen molar-refractivity contribution in [2.75, 3.05) is 18.8 Å². The molecule has 0 atom stereocenters. The number of thioether (sulfide) groups is 1. The lowest BCUT2D eigenvalue weighted by Crippen LogP contribution is -2.43. The second kappa shape index (κ2) is 7.95. The van der Waals surface area contributed by atoms with Crippen LogP contribution in [0.1, 0.15) is 50.0 Å². The SMILES string of the molecule is CC(C)CCn1c(SCC(=O)N2CCC2)nc2sc3c(c2c1=O)CCCC3. The quantitative estimate of drug-likeness (QED) is 0.543. The molecule has 3 heterocycles. The summed E-state index contributed by atoms with van der Waals surface area (Å²) in [6, 6.07) is 0. The Balaban J connectivity index is 1.69. The van der Waals surface area contributed by atoms with Crippen molar-refractivity contribution in [3.63, 3.8) is 0 Å². The molecule has 0 N–H and O–H groups in total. The standard InChI is InChI=1S/C20H27N3O2S2/c1-13(2)8-11-23-19(25)17-14-6-3-4-7-15(14)27-18(17)21-20(23)26-12-16(24)22-9-5-10-22/h13H,3-12H2,1-2H3. The summed E-state index contributed by atoms with van der Waals surface area (Å²) in [5.41, 5.74) is 1.34. The maximum Gasteiger partial charge on any atom is 0.263 e. The van der Waals surface area contributed by atoms with Gasteiger partial charge < -0.3 is 4.90 Å². The van der Waals surface area contributed by atoms with Gasteiger partial charge in [0.2, 0.25) is 5.91 Å². The third-order valence-corrected chi connectivity index (χ3v) is 7.65. The van der Waals surface area contributed by atoms with Crippen LogP contribution in [0.25, 0.3) is 10.2 Å². The predicted molar refractivity (Wildman–Crippen MR) is 112 cm³/mol. The molecule has 1 aliphatic heterocycles. The van der Waals surface area contributed by atoms with Gasteiger partial charge in [-0.05, 0) is 50.0 Å². The van der Waals surface area contributed by atoms with Gasteiger partial charge in [-0.3, -0.25) is 14.2 Å². The minimum atomic E-state index is 0.0962. The van der Waals surface area contributed by atoms with E-state index in [0.717, 1.165) is 55.4 Å². The monoisotopic (exact) mass is 405 g/mol. The Kier molecular flexibility index (Phi) is 5.60. The number of amides is 1. The van der Waals surface area contributed by atoms with E-state index in [1.54, 1.807) is 11.3 Å². The maximum atomic E-state index is 13.4. The zero-order valence-electron chi connectivity index (χ0n) is 16.1. The molecule has 0 aromatic carbocycles. The van der Waals surface area contributed by atoms with Crippen molar-refractivity contribution in [2.24, 2.45) is 5.92 Å². The number of hydrogen-bond donors (Lipinski definition) is 0. The number of thiophene rings is 1. The lowest BCUT2D eigenvalue weighted by Gasteiger charge is -2.30. The van der Waals surface area contributed by atoms with Gasteiger partial charge in [0, 0.05) is 24.5 Å². The van der Waals surface area contributed by atoms with Crippen LogP contribution >= 0.6 is 23.1 Å². The highest BCUT2D eigenvalue weighted by Crippen LogP contribution is 2.34. The number of aromatic nitrogens is 2. The Labute approximate surface area is 168 Å². The third-order valence-electron chi connectivity index (χ3n) is 5.50. The lowest BCUT2D eigenvalue weighted by atomic mass is 9.97. The van der Waals surface area contributed by atoms with Gasteiger partial charge in [-0.25, -0.2) is 4.98 Å². The summed E-state index contributed by atoms with van der Waals surface area (Å²) in [5, 5.41) is 1.55. The van der Waals surface area contributed by atoms with Crippen molar-refractivity contribution in [1.29, 1.82) is 0 Å². The van der Waals surface area contributed by atoms with Crippen LogP contribution in [0.15, 0.2) is 9.95 Å². The van der Waals surface area contributed by atoms with Crippen LogP contribution in [0.4, 0.5) is 0 Å². The lowest BCUT2D eigenvalue weighted by molar-refractivity contribution is -0.131. The van der Waals surface area contributed by atoms with Crippen LogP contribution < -0.4 is 5.56 Å². The Hall–Kier alpha value is -1.34. The summed E-state index contributed by atoms with van der Waals surface area (Å²) in [7, 11) is 0. The first-order valence-electron chi connectivity index (χ1n) is 10.00. The average Bonchev–Trinajstić information content (AvgIpc) is 2.96. The molecule has 0 spiro atoms. The summed E-state index contributed by atoms with van der Waals surface area (Å²) in [5.74, 6) is 1.04. The molecule has 27 heavy (non-hydrogen) atoms. The van der Waals surface area contributed by atoms with Gasteiger partial charge in [-0.2, -0.15) is 0 Å². The topological polar surface area (TPSA) is 55.2 Å². The highest BCUT2D eigenvalue weighted by molar-refractivity contribution is 7.99. The minimum absolute atomic E-state index is 0.0962. The number of nitrogens with zero attached hydrogens (tertiary/aromatic N) is 3. The molecular formula is C20H27N3O2S2. The highest BCUT2D eigenvalue weighted by atomic mass is 32.2. The molecule has 7 heteroatoms. The Morgan fingerprint density at radius 3 is 2.70 bits per heavy atom. The van der Waals surface area contributed by atoms with E-state index in [1.807, 2.05) is 9.47 Å². The van der Waals surface area contributed by atoms with E-state index >= 15 is 0 Å². The molecule has 0 unspecified atom stereocenters. The van der Waals surface area contributed by atoms with Crippen molar-refractivity contribution in [3.8, 4) is 0 Å². The van der Waals surface area contributed by atoms with Crippen molar-refractivity contribution in [3.05, 3.63) is 20.8 Å². The molecular weight excluding hydrogens is 378 g/mol. The van der Waals surface area contributed by atoms with E-state index in [-0.39, 0.29) is 11.5 Å². The van der Waals surface area contributed by atoms with E-state index in [1.165, 1.54) is 28.6 Å². The molecule has 1 amide bonds. The number of likely N-dealkylation sites (tertiary alicyclic amines) is 1. The average molecular weight is 406 g/mol. The van der Waals surface area contributed by atoms with E-state index in [0.29, 0.717) is 23.4 Å². The summed E-state index contributed by atoms with van der Waals surface area (Å²) in [4.78, 5) is 34.6. The maximum absolute atomic E-state index is 13.4. The third kappa shape index (κ3) is 3.81. The molecule has 0 saturated carbocycles. The Morgan fingerprint density at radius 2 is 2.00 bits per heavy atom. The van der Waals surface area contributed by atoms with Crippen LogP contribution in [0, 0.1) is 5.92 Å². The number of aryl methyl sites for hydroxylation is 2. The molecule has 1 saturated heterocycles. The molecule has 2 aliphatic rings. The van der Waals surface area contributed by atoms with E-state index < -0.39 is 0 Å². The first-order valence-corrected chi connectivity index (χ1v) is 11.8. The number of rotatable bonds is 6. The summed E-state index contributed by atoms with van der Waals surface area (Å²) in [6.45, 7) is 6.74. The van der Waals surface area contributed by atoms with Crippen molar-refractivity contribution >= 4 is 39.2 Å². The second-order valence-electron chi connectivity index (χ2n) is 7.95. The van der Waals surface area contributed by atoms with Crippen molar-refractivity contribution < 1.29 is 4.79 Å². The summed E-state index contributed by atoms with van der Waals surface area (Å²) < 4.78 is 1.83. The predicted octanol–water partition coefficient (Wildman–Crippen LogP) is 3.71. The molecule has 4 rings (SSSR count). The Bertz CT molecular complexity index is 912. The summed E-state index contributed by atoms with van der Waals surface area (Å²) in [6.07, 6.45) is 6.46. The first-order chi connectivity index (χ1) is 13.0. The fourth-order valence-electron chi connectivity index (χ4n) is 3.70. The van der Waals surface area contributed by atoms with E-state index in [9.17, 15) is 9.59 Å². The number of carbonyl (C=O) groups is 1. The van der Waals surface area contributed by atoms with Gasteiger partial charge in [0.15, 0.2) is 5.16 Å². The normalized spacial score (nSPS) is 16.6. The fraction of sp³-hybridized carbons (Fsp3) is 0.650. The van der Waals surface area contributed by atoms with E-state index in [2.05, 4.69) is 13.8 Å². The van der Waals surface area contributed by atoms with Crippen LogP contribution in [0.3, 0.4) is 0 Å². The van der Waals surface area contributed by atoms with Gasteiger partial charge in [0.25, 0.3) is 5.56 Å². The van der Waals surface area contributed by atoms with Gasteiger partial charge in [0.05, 0.1) is 11.1 Å². The van der Waals surface area contributed by atoms with Gasteiger partial charge >= 0.3 is 0 Å². The van der Waals surface area contributed by atoms with Gasteiger partial charge in [-0.15, -0.1) is 11.3 Å². The Morgan fingerprint density at radius 1 is 1.22 bits per heavy atom. The smallest absolute Gasteiger partial charge is 0.263 e. The molecule has 2 aromatic heterocycles. The number of hydrogen-bond acceptors (Lipinski definition) is 5. The van der Waals surface area contributed by atoms with Crippen LogP contribution in [-0.4, -0.2) is 39.2 Å². The van der Waals surface area contributed by atoms with Crippen LogP contribution in [0.2, 0.25) is 0 Å². The molecule has 1 aliphatic carbocycles. The number of fused-ring (bicyclic) bond motifs is 3. The van der Waals surface area contributed by atoms with Crippen molar-refractivity contribution in [1.82, 2.24) is 14.5 Å². The van der Waals surface area contributed by atoms with E-state index in [4.69, 9.17) is 4.98 Å². The van der Waals surface area contributed by atoms with Gasteiger partial charge in [-0.1, -0.05) is 25.6 Å². The first kappa shape index (κ1) is 19.0. The van der Waals surface area contributed by atoms with Crippen LogP contribution in [-0.2, 0) is 24.2 Å². The van der Waals surface area contributed by atoms with Crippen LogP contribution in [0.5, 0.6) is 0 Å². The number of carbonyl (C=O) groups excluding carboxylic acids is 1. The summed E-state index contributed by atoms with van der Waals surface area (Å²) >= 11 is 3.11. The molecule has 0 radical (unpaired) electrons. The molecule has 146 valence electrons. The molecule has 2 aromatic rings. The molecule has 5 nitrogen and oxygen atoms in total.